The van der Waals surface area contributed by atoms with E-state index in [2.05, 4.69) is 31.5 Å². The molecule has 17 heavy (non-hydrogen) atoms. The van der Waals surface area contributed by atoms with Crippen LogP contribution >= 0.6 is 23.6 Å². The maximum Gasteiger partial charge on any atom is 0.105 e. The number of nitrogens with zero attached hydrogens (tertiary/aromatic N) is 5. The summed E-state index contributed by atoms with van der Waals surface area (Å²) in [5.74, 6) is 0. The molecule has 1 aromatic heterocycles. The van der Waals surface area contributed by atoms with Gasteiger partial charge in [0, 0.05) is 0 Å². The molecule has 0 spiro atoms. The first-order valence-electron chi connectivity index (χ1n) is 5.46. The van der Waals surface area contributed by atoms with Crippen LogP contribution in [0.3, 0.4) is 0 Å². The summed E-state index contributed by atoms with van der Waals surface area (Å²) in [6, 6.07) is 0. The Morgan fingerprint density at radius 2 is 1.94 bits per heavy atom. The number of likely N-dealkylation sites (N-methyl/N-ethyl adjacent to an activating group) is 1. The van der Waals surface area contributed by atoms with Crippen LogP contribution in [0, 0.1) is 0 Å². The lowest BCUT2D eigenvalue weighted by Gasteiger charge is -2.24. The van der Waals surface area contributed by atoms with Crippen LogP contribution in [-0.2, 0) is 12.1 Å². The van der Waals surface area contributed by atoms with Crippen LogP contribution in [0.5, 0.6) is 0 Å². The van der Waals surface area contributed by atoms with Gasteiger partial charge < -0.3 is 4.48 Å². The fourth-order valence-corrected chi connectivity index (χ4v) is 1.35. The summed E-state index contributed by atoms with van der Waals surface area (Å²) in [7, 11) is 6.42. The van der Waals surface area contributed by atoms with E-state index in [0.717, 1.165) is 27.2 Å². The van der Waals surface area contributed by atoms with E-state index in [-0.39, 0.29) is 0 Å². The van der Waals surface area contributed by atoms with Crippen molar-refractivity contribution in [2.24, 2.45) is 0 Å². The third-order valence-corrected chi connectivity index (χ3v) is 3.43. The van der Waals surface area contributed by atoms with E-state index in [1.807, 2.05) is 24.7 Å². The number of halogens is 2. The molecule has 0 aliphatic carbocycles. The van der Waals surface area contributed by atoms with Gasteiger partial charge in [-0.15, -0.1) is 9.04 Å². The van der Waals surface area contributed by atoms with Crippen LogP contribution in [0.15, 0.2) is 6.20 Å². The minimum atomic E-state index is -0.544. The highest BCUT2D eigenvalue weighted by atomic mass is 35.5. The molecule has 0 saturated carbocycles. The molecule has 0 bridgehead atoms. The third-order valence-electron chi connectivity index (χ3n) is 2.59. The fraction of sp³-hybridized carbons (Fsp3) is 0.800. The zero-order valence-electron chi connectivity index (χ0n) is 11.0. The van der Waals surface area contributed by atoms with Crippen LogP contribution in [0.2, 0.25) is 0 Å². The van der Waals surface area contributed by atoms with Crippen LogP contribution in [0.4, 0.5) is 0 Å². The molecule has 0 fully saturated rings. The Kier molecular flexibility index (Phi) is 4.41. The van der Waals surface area contributed by atoms with Gasteiger partial charge in [-0.2, -0.15) is 0 Å². The Morgan fingerprint density at radius 1 is 1.35 bits per heavy atom. The van der Waals surface area contributed by atoms with Crippen LogP contribution in [0.1, 0.15) is 19.5 Å². The van der Waals surface area contributed by atoms with Crippen molar-refractivity contribution >= 4 is 23.6 Å². The Morgan fingerprint density at radius 3 is 2.41 bits per heavy atom. The summed E-state index contributed by atoms with van der Waals surface area (Å²) in [4.78, 5) is 0. The second kappa shape index (κ2) is 5.10. The van der Waals surface area contributed by atoms with Crippen LogP contribution < -0.4 is 0 Å². The standard InChI is InChI=1S/C10H20Cl2N5/c1-10(2,16(11)12)9-8-15(14-13-9)6-7-17(3,4)5/h8H,6-7H2,1-5H3/q+1. The molecule has 0 aliphatic heterocycles. The molecule has 5 nitrogen and oxygen atoms in total. The third kappa shape index (κ3) is 4.10. The molecule has 0 saturated heterocycles. The number of hydrogen-bond donors (Lipinski definition) is 0. The van der Waals surface area contributed by atoms with Gasteiger partial charge in [-0.05, 0) is 37.4 Å². The minimum Gasteiger partial charge on any atom is -0.329 e. The van der Waals surface area contributed by atoms with Crippen molar-refractivity contribution in [3.63, 3.8) is 0 Å². The predicted molar refractivity (Wildman–Crippen MR) is 69.5 cm³/mol. The SMILES string of the molecule is CC(C)(c1cn(CC[N+](C)(C)C)nn1)N(Cl)Cl. The van der Waals surface area contributed by atoms with E-state index < -0.39 is 5.54 Å². The van der Waals surface area contributed by atoms with Crippen molar-refractivity contribution < 1.29 is 4.48 Å². The van der Waals surface area contributed by atoms with Gasteiger partial charge in [0.15, 0.2) is 0 Å². The van der Waals surface area contributed by atoms with Crippen molar-refractivity contribution in [2.75, 3.05) is 27.7 Å². The fourth-order valence-electron chi connectivity index (χ4n) is 1.18. The van der Waals surface area contributed by atoms with Crippen LogP contribution in [0.25, 0.3) is 0 Å². The van der Waals surface area contributed by atoms with Crippen molar-refractivity contribution in [1.82, 2.24) is 18.9 Å². The zero-order chi connectivity index (χ0) is 13.3. The minimum absolute atomic E-state index is 0.544. The number of rotatable bonds is 5. The second-order valence-corrected chi connectivity index (χ2v) is 6.52. The maximum absolute atomic E-state index is 5.78. The van der Waals surface area contributed by atoms with E-state index >= 15 is 0 Å². The van der Waals surface area contributed by atoms with Gasteiger partial charge in [0.1, 0.15) is 5.69 Å². The lowest BCUT2D eigenvalue weighted by atomic mass is 10.0. The lowest BCUT2D eigenvalue weighted by molar-refractivity contribution is -0.871. The lowest BCUT2D eigenvalue weighted by Crippen LogP contribution is -2.37. The number of hydrogen-bond acceptors (Lipinski definition) is 3. The van der Waals surface area contributed by atoms with Gasteiger partial charge in [-0.1, -0.05) is 5.21 Å². The van der Waals surface area contributed by atoms with Crippen molar-refractivity contribution in [1.29, 1.82) is 0 Å². The highest BCUT2D eigenvalue weighted by Crippen LogP contribution is 2.29. The molecule has 1 aromatic rings. The summed E-state index contributed by atoms with van der Waals surface area (Å²) in [6.07, 6.45) is 1.88. The second-order valence-electron chi connectivity index (χ2n) is 5.67. The number of quaternary nitrogens is 1. The molecule has 0 radical (unpaired) electrons. The van der Waals surface area contributed by atoms with E-state index in [4.69, 9.17) is 23.6 Å². The zero-order valence-corrected chi connectivity index (χ0v) is 12.5. The summed E-state index contributed by atoms with van der Waals surface area (Å²) in [5.41, 5.74) is 0.210. The quantitative estimate of drug-likeness (QED) is 0.610. The van der Waals surface area contributed by atoms with E-state index in [1.54, 1.807) is 0 Å². The van der Waals surface area contributed by atoms with Crippen LogP contribution in [-0.4, -0.2) is 51.1 Å². The molecule has 0 aromatic carbocycles. The molecular formula is C10H20Cl2N5+. The molecule has 0 atom stereocenters. The average Bonchev–Trinajstić information content (AvgIpc) is 2.62. The van der Waals surface area contributed by atoms with Gasteiger partial charge >= 0.3 is 0 Å². The summed E-state index contributed by atoms with van der Waals surface area (Å²) >= 11 is 11.6. The molecule has 0 unspecified atom stereocenters. The van der Waals surface area contributed by atoms with Crippen molar-refractivity contribution in [3.8, 4) is 0 Å². The number of aromatic nitrogens is 3. The normalized spacial score (nSPS) is 13.4. The highest BCUT2D eigenvalue weighted by molar-refractivity contribution is 6.34. The summed E-state index contributed by atoms with van der Waals surface area (Å²) in [6.45, 7) is 5.58. The van der Waals surface area contributed by atoms with Gasteiger partial charge in [-0.25, -0.2) is 4.68 Å². The van der Waals surface area contributed by atoms with Crippen molar-refractivity contribution in [2.45, 2.75) is 25.9 Å². The van der Waals surface area contributed by atoms with E-state index in [9.17, 15) is 0 Å². The largest absolute Gasteiger partial charge is 0.329 e. The smallest absolute Gasteiger partial charge is 0.105 e. The molecule has 1 rings (SSSR count). The Balaban J connectivity index is 2.72. The van der Waals surface area contributed by atoms with Gasteiger partial charge in [0.25, 0.3) is 0 Å². The molecule has 0 N–H and O–H groups in total. The average molecular weight is 281 g/mol. The molecule has 0 amide bonds. The first-order chi connectivity index (χ1) is 7.63. The highest BCUT2D eigenvalue weighted by Gasteiger charge is 2.30. The summed E-state index contributed by atoms with van der Waals surface area (Å²) < 4.78 is 3.80. The Labute approximate surface area is 113 Å². The monoisotopic (exact) mass is 280 g/mol. The molecule has 1 heterocycles. The molecule has 98 valence electrons. The van der Waals surface area contributed by atoms with E-state index in [0.29, 0.717) is 0 Å². The first-order valence-corrected chi connectivity index (χ1v) is 6.13. The Hall–Kier alpha value is -0.360. The van der Waals surface area contributed by atoms with Gasteiger partial charge in [-0.3, -0.25) is 0 Å². The van der Waals surface area contributed by atoms with E-state index in [1.165, 1.54) is 0 Å². The first kappa shape index (κ1) is 14.7. The maximum atomic E-state index is 5.78. The Bertz CT molecular complexity index is 367. The molecule has 0 aliphatic rings. The molecule has 7 heteroatoms. The van der Waals surface area contributed by atoms with Crippen molar-refractivity contribution in [3.05, 3.63) is 11.9 Å². The van der Waals surface area contributed by atoms with Gasteiger partial charge in [0.2, 0.25) is 0 Å². The topological polar surface area (TPSA) is 34.0 Å². The van der Waals surface area contributed by atoms with Gasteiger partial charge in [0.05, 0.1) is 46.0 Å². The predicted octanol–water partition coefficient (Wildman–Crippen LogP) is 1.83. The summed E-state index contributed by atoms with van der Waals surface area (Å²) in [5, 5.41) is 8.19. The molecular weight excluding hydrogens is 261 g/mol.